The summed E-state index contributed by atoms with van der Waals surface area (Å²) in [4.78, 5) is 32.0. The molecule has 0 saturated carbocycles. The van der Waals surface area contributed by atoms with Crippen molar-refractivity contribution in [1.29, 1.82) is 0 Å². The summed E-state index contributed by atoms with van der Waals surface area (Å²) in [6.45, 7) is 2.07. The van der Waals surface area contributed by atoms with Gasteiger partial charge in [-0.05, 0) is 25.1 Å². The van der Waals surface area contributed by atoms with E-state index >= 15 is 0 Å². The largest absolute Gasteiger partial charge is 0.322 e. The third-order valence-electron chi connectivity index (χ3n) is 5.69. The van der Waals surface area contributed by atoms with E-state index in [9.17, 15) is 9.59 Å². The molecule has 0 aliphatic heterocycles. The fourth-order valence-corrected chi connectivity index (χ4v) is 4.84. The van der Waals surface area contributed by atoms with E-state index in [0.717, 1.165) is 26.7 Å². The molecule has 0 unspecified atom stereocenters. The van der Waals surface area contributed by atoms with Gasteiger partial charge in [0, 0.05) is 32.8 Å². The van der Waals surface area contributed by atoms with Crippen LogP contribution in [0, 0.1) is 6.92 Å². The number of thiazole rings is 1. The molecule has 4 aromatic carbocycles. The number of amides is 1. The minimum atomic E-state index is -0.325. The zero-order valence-corrected chi connectivity index (χ0v) is 19.9. The molecule has 170 valence electrons. The number of nitrogens with one attached hydrogen (secondary N) is 1. The maximum Gasteiger partial charge on any atom is 0.256 e. The Hall–Kier alpha value is -4.35. The summed E-state index contributed by atoms with van der Waals surface area (Å²) < 4.78 is 0. The van der Waals surface area contributed by atoms with Gasteiger partial charge < -0.3 is 5.32 Å². The van der Waals surface area contributed by atoms with Gasteiger partial charge in [0.15, 0.2) is 5.78 Å². The summed E-state index contributed by atoms with van der Waals surface area (Å²) in [6, 6.07) is 33.6. The highest BCUT2D eigenvalue weighted by atomic mass is 32.1. The van der Waals surface area contributed by atoms with Crippen LogP contribution in [-0.4, -0.2) is 16.7 Å². The number of ketones is 1. The molecular weight excluding hydrogens is 452 g/mol. The van der Waals surface area contributed by atoms with Crippen LogP contribution in [0.4, 0.5) is 5.69 Å². The number of aryl methyl sites for hydroxylation is 1. The second kappa shape index (κ2) is 9.87. The van der Waals surface area contributed by atoms with Gasteiger partial charge in [-0.25, -0.2) is 4.98 Å². The summed E-state index contributed by atoms with van der Waals surface area (Å²) in [5.41, 5.74) is 4.93. The lowest BCUT2D eigenvalue weighted by atomic mass is 9.98. The normalized spacial score (nSPS) is 10.7. The van der Waals surface area contributed by atoms with Crippen LogP contribution >= 0.6 is 11.3 Å². The van der Waals surface area contributed by atoms with E-state index in [1.54, 1.807) is 47.7 Å². The smallest absolute Gasteiger partial charge is 0.256 e. The number of anilines is 1. The van der Waals surface area contributed by atoms with E-state index in [2.05, 4.69) is 24.4 Å². The van der Waals surface area contributed by atoms with Crippen LogP contribution in [0.1, 0.15) is 31.2 Å². The summed E-state index contributed by atoms with van der Waals surface area (Å²) >= 11 is 1.66. The Morgan fingerprint density at radius 2 is 1.29 bits per heavy atom. The first-order valence-electron chi connectivity index (χ1n) is 11.2. The van der Waals surface area contributed by atoms with Crippen molar-refractivity contribution < 1.29 is 9.59 Å². The molecule has 35 heavy (non-hydrogen) atoms. The Morgan fingerprint density at radius 1 is 0.686 bits per heavy atom. The van der Waals surface area contributed by atoms with E-state index in [1.165, 1.54) is 0 Å². The molecule has 5 heteroatoms. The van der Waals surface area contributed by atoms with Crippen molar-refractivity contribution in [2.75, 3.05) is 5.32 Å². The highest BCUT2D eigenvalue weighted by Gasteiger charge is 2.18. The van der Waals surface area contributed by atoms with E-state index in [-0.39, 0.29) is 11.7 Å². The molecule has 0 saturated heterocycles. The third-order valence-corrected chi connectivity index (χ3v) is 6.71. The van der Waals surface area contributed by atoms with Crippen molar-refractivity contribution in [3.63, 3.8) is 0 Å². The zero-order chi connectivity index (χ0) is 24.2. The van der Waals surface area contributed by atoms with Gasteiger partial charge in [0.1, 0.15) is 5.01 Å². The third kappa shape index (κ3) is 4.81. The second-order valence-electron chi connectivity index (χ2n) is 8.06. The first kappa shape index (κ1) is 22.4. The molecule has 1 amide bonds. The monoisotopic (exact) mass is 474 g/mol. The number of benzene rings is 4. The lowest BCUT2D eigenvalue weighted by Crippen LogP contribution is -2.16. The number of nitrogens with zero attached hydrogens (tertiary/aromatic N) is 1. The van der Waals surface area contributed by atoms with Gasteiger partial charge in [-0.15, -0.1) is 11.3 Å². The number of carbonyl (C=O) groups is 2. The number of hydrogen-bond donors (Lipinski definition) is 1. The average Bonchev–Trinajstić information content (AvgIpc) is 3.31. The quantitative estimate of drug-likeness (QED) is 0.263. The minimum absolute atomic E-state index is 0.181. The van der Waals surface area contributed by atoms with Gasteiger partial charge in [0.25, 0.3) is 5.91 Å². The molecule has 0 fully saturated rings. The van der Waals surface area contributed by atoms with E-state index in [4.69, 9.17) is 4.98 Å². The van der Waals surface area contributed by atoms with Crippen LogP contribution < -0.4 is 5.32 Å². The van der Waals surface area contributed by atoms with Crippen molar-refractivity contribution in [2.45, 2.75) is 6.92 Å². The molecule has 1 heterocycles. The SMILES string of the molecule is Cc1sc(-c2ccccc2)nc1-c1ccc(NC(=O)c2ccccc2C(=O)c2ccccc2)cc1. The molecule has 4 nitrogen and oxygen atoms in total. The molecule has 0 spiro atoms. The molecule has 0 atom stereocenters. The highest BCUT2D eigenvalue weighted by Crippen LogP contribution is 2.33. The van der Waals surface area contributed by atoms with Crippen LogP contribution in [0.3, 0.4) is 0 Å². The second-order valence-corrected chi connectivity index (χ2v) is 9.27. The standard InChI is InChI=1S/C30H22N2O2S/c1-20-27(32-30(35-20)23-12-6-3-7-13-23)21-16-18-24(19-17-21)31-29(34)26-15-9-8-14-25(26)28(33)22-10-4-2-5-11-22/h2-19H,1H3,(H,31,34). The fraction of sp³-hybridized carbons (Fsp3) is 0.0333. The molecule has 1 aromatic heterocycles. The minimum Gasteiger partial charge on any atom is -0.322 e. The van der Waals surface area contributed by atoms with E-state index in [0.29, 0.717) is 22.4 Å². The molecule has 0 radical (unpaired) electrons. The number of hydrogen-bond acceptors (Lipinski definition) is 4. The number of carbonyl (C=O) groups excluding carboxylic acids is 2. The maximum atomic E-state index is 13.1. The zero-order valence-electron chi connectivity index (χ0n) is 19.1. The van der Waals surface area contributed by atoms with Gasteiger partial charge in [-0.1, -0.05) is 91.0 Å². The fourth-order valence-electron chi connectivity index (χ4n) is 3.90. The molecule has 0 aliphatic carbocycles. The van der Waals surface area contributed by atoms with Gasteiger partial charge >= 0.3 is 0 Å². The van der Waals surface area contributed by atoms with E-state index < -0.39 is 0 Å². The molecule has 1 N–H and O–H groups in total. The summed E-state index contributed by atoms with van der Waals surface area (Å²) in [5, 5.41) is 3.90. The molecule has 5 rings (SSSR count). The van der Waals surface area contributed by atoms with Crippen LogP contribution in [0.5, 0.6) is 0 Å². The van der Waals surface area contributed by atoms with Crippen molar-refractivity contribution in [2.24, 2.45) is 0 Å². The average molecular weight is 475 g/mol. The first-order valence-corrected chi connectivity index (χ1v) is 12.1. The Labute approximate surface area is 207 Å². The van der Waals surface area contributed by atoms with Crippen molar-refractivity contribution in [3.05, 3.63) is 131 Å². The predicted octanol–water partition coefficient (Wildman–Crippen LogP) is 7.27. The summed E-state index contributed by atoms with van der Waals surface area (Å²) in [6.07, 6.45) is 0. The van der Waals surface area contributed by atoms with Gasteiger partial charge in [0.05, 0.1) is 11.3 Å². The van der Waals surface area contributed by atoms with Gasteiger partial charge in [0.2, 0.25) is 0 Å². The topological polar surface area (TPSA) is 59.1 Å². The summed E-state index contributed by atoms with van der Waals surface area (Å²) in [7, 11) is 0. The predicted molar refractivity (Wildman–Crippen MR) is 142 cm³/mol. The molecule has 0 bridgehead atoms. The van der Waals surface area contributed by atoms with Crippen LogP contribution in [0.25, 0.3) is 21.8 Å². The Bertz CT molecular complexity index is 1490. The van der Waals surface area contributed by atoms with E-state index in [1.807, 2.05) is 60.7 Å². The van der Waals surface area contributed by atoms with Crippen molar-refractivity contribution in [1.82, 2.24) is 4.98 Å². The van der Waals surface area contributed by atoms with Crippen LogP contribution in [-0.2, 0) is 0 Å². The summed E-state index contributed by atoms with van der Waals surface area (Å²) in [5.74, 6) is -0.506. The van der Waals surface area contributed by atoms with Crippen LogP contribution in [0.2, 0.25) is 0 Å². The first-order chi connectivity index (χ1) is 17.1. The molecular formula is C30H22N2O2S. The van der Waals surface area contributed by atoms with Gasteiger partial charge in [-0.2, -0.15) is 0 Å². The Morgan fingerprint density at radius 3 is 1.97 bits per heavy atom. The number of aromatic nitrogens is 1. The van der Waals surface area contributed by atoms with Crippen molar-refractivity contribution in [3.8, 4) is 21.8 Å². The lowest BCUT2D eigenvalue weighted by Gasteiger charge is -2.10. The molecule has 0 aliphatic rings. The Kier molecular flexibility index (Phi) is 6.33. The van der Waals surface area contributed by atoms with Crippen molar-refractivity contribution >= 4 is 28.7 Å². The highest BCUT2D eigenvalue weighted by molar-refractivity contribution is 7.15. The lowest BCUT2D eigenvalue weighted by molar-refractivity contribution is 0.0996. The van der Waals surface area contributed by atoms with Gasteiger partial charge in [-0.3, -0.25) is 9.59 Å². The number of rotatable bonds is 6. The molecule has 5 aromatic rings. The Balaban J connectivity index is 1.36. The van der Waals surface area contributed by atoms with Crippen LogP contribution in [0.15, 0.2) is 109 Å². The maximum absolute atomic E-state index is 13.1.